The van der Waals surface area contributed by atoms with E-state index in [4.69, 9.17) is 83.9 Å². The normalized spacial score (nSPS) is 17.2. The van der Waals surface area contributed by atoms with Crippen molar-refractivity contribution in [2.45, 2.75) is 189 Å². The Morgan fingerprint density at radius 1 is 0.548 bits per heavy atom. The van der Waals surface area contributed by atoms with E-state index >= 15 is 0 Å². The number of ether oxygens (including phenoxy) is 2. The number of anilines is 4. The van der Waals surface area contributed by atoms with E-state index in [1.165, 1.54) is 32.0 Å². The number of aromatic nitrogens is 14. The average Bonchev–Trinajstić information content (AvgIpc) is 1.55. The second kappa shape index (κ2) is 42.3. The fourth-order valence-corrected chi connectivity index (χ4v) is 16.4. The van der Waals surface area contributed by atoms with Gasteiger partial charge in [0.1, 0.15) is 29.9 Å². The van der Waals surface area contributed by atoms with Crippen molar-refractivity contribution in [2.24, 2.45) is 23.7 Å². The van der Waals surface area contributed by atoms with Crippen LogP contribution in [0.5, 0.6) is 0 Å². The summed E-state index contributed by atoms with van der Waals surface area (Å²) in [6.07, 6.45) is 20.3. The number of carbonyl (C=O) groups is 7. The average molecular weight is 2130 g/mol. The number of nitrogens with two attached hydrogens (primary N) is 2. The summed E-state index contributed by atoms with van der Waals surface area (Å²) in [5.41, 5.74) is 22.8. The third-order valence-corrected chi connectivity index (χ3v) is 24.9. The van der Waals surface area contributed by atoms with Crippen LogP contribution in [0.1, 0.15) is 199 Å². The molecule has 3 aromatic carbocycles. The number of Topliss-reactive ketones (excluding diaryl/α,β-unsaturated/α-hetero) is 3. The third-order valence-electron chi connectivity index (χ3n) is 23.6. The van der Waals surface area contributed by atoms with Crippen LogP contribution in [0.2, 0.25) is 0 Å². The van der Waals surface area contributed by atoms with Crippen molar-refractivity contribution in [1.82, 2.24) is 68.2 Å². The number of nitrogen functional groups attached to an aromatic ring is 2. The molecule has 0 radical (unpaired) electrons. The van der Waals surface area contributed by atoms with Crippen molar-refractivity contribution in [3.63, 3.8) is 0 Å². The summed E-state index contributed by atoms with van der Waals surface area (Å²) in [7, 11) is 19.4. The van der Waals surface area contributed by atoms with Crippen molar-refractivity contribution < 1.29 is 91.0 Å². The fourth-order valence-electron chi connectivity index (χ4n) is 15.5. The summed E-state index contributed by atoms with van der Waals surface area (Å²) < 4.78 is 111. The van der Waals surface area contributed by atoms with Gasteiger partial charge in [0.05, 0.1) is 72.7 Å². The second-order valence-electron chi connectivity index (χ2n) is 34.4. The van der Waals surface area contributed by atoms with Crippen molar-refractivity contribution in [2.75, 3.05) is 35.3 Å². The molecule has 714 valence electrons. The van der Waals surface area contributed by atoms with E-state index in [0.717, 1.165) is 160 Å². The number of H-pyrrole nitrogens is 1. The molecule has 11 aromatic heterocycles. The number of benzene rings is 3. The first-order chi connectivity index (χ1) is 63.3. The molecule has 2 atom stereocenters. The zero-order valence-electron chi connectivity index (χ0n) is 73.8. The van der Waals surface area contributed by atoms with Crippen LogP contribution >= 0.6 is 80.7 Å². The quantitative estimate of drug-likeness (QED) is 0.0222. The SMILES string of the molecule is C.CC(=O)Nc1cc2cc(Br)ccn2n1.CC(=O)Nc1nn2ccc(Br)cc2c1C(=O)C1CC1.Cc1c(F)cc2[nH]ncc2c1-c1ccn2nc(N)c(C(=O)C3CC3)c2c1.Cc1c(F)cc2nn(C3CCCCO3)cc2c1-c1ccn2nc(N)c(C(=O)C3CC3)c2c1.Cc1c(F)cc2nn(C3CCCCO3)cc2c1B1OC(C)(C)C(C)(C)O1.O=C(Cl)C1CC1.O=CC(F)(F)F.[Cl][Ti]([Cl])([Cl])[Cl]. The van der Waals surface area contributed by atoms with Gasteiger partial charge in [-0.3, -0.25) is 38.7 Å². The van der Waals surface area contributed by atoms with Gasteiger partial charge in [-0.1, -0.05) is 39.3 Å². The first kappa shape index (κ1) is 103. The number of halogens is 13. The Morgan fingerprint density at radius 2 is 0.970 bits per heavy atom. The molecule has 4 saturated carbocycles. The number of aromatic amines is 1. The van der Waals surface area contributed by atoms with Crippen LogP contribution in [0.3, 0.4) is 0 Å². The molecular weight excluding hydrogens is 2030 g/mol. The molecule has 7 aliphatic rings. The van der Waals surface area contributed by atoms with Gasteiger partial charge in [0.25, 0.3) is 0 Å². The van der Waals surface area contributed by atoms with E-state index in [-0.39, 0.29) is 107 Å². The van der Waals surface area contributed by atoms with Gasteiger partial charge in [0, 0.05) is 131 Å². The molecule has 135 heavy (non-hydrogen) atoms. The van der Waals surface area contributed by atoms with Gasteiger partial charge in [0.2, 0.25) is 23.3 Å². The molecule has 2 unspecified atom stereocenters. The van der Waals surface area contributed by atoms with Crippen LogP contribution in [0.15, 0.2) is 125 Å². The number of hydrogen-bond donors (Lipinski definition) is 5. The Kier molecular flexibility index (Phi) is 32.2. The second-order valence-corrected chi connectivity index (χ2v) is 52.0. The van der Waals surface area contributed by atoms with Crippen LogP contribution in [-0.4, -0.2) is 147 Å². The Hall–Kier alpha value is -9.67. The first-order valence-corrected chi connectivity index (χ1v) is 53.5. The number of nitrogens with zero attached hydrogens (tertiary/aromatic N) is 13. The molecule has 4 aliphatic carbocycles. The molecule has 2 amide bonds. The first-order valence-electron chi connectivity index (χ1n) is 42.9. The van der Waals surface area contributed by atoms with Gasteiger partial charge < -0.3 is 40.9 Å². The number of rotatable bonds is 14. The summed E-state index contributed by atoms with van der Waals surface area (Å²) in [5.74, 6) is 0.667. The molecule has 14 heterocycles. The van der Waals surface area contributed by atoms with Crippen LogP contribution < -0.4 is 27.6 Å². The van der Waals surface area contributed by atoms with Crippen molar-refractivity contribution in [3.05, 3.63) is 176 Å². The molecule has 29 nitrogen and oxygen atoms in total. The Balaban J connectivity index is 0.000000139. The van der Waals surface area contributed by atoms with Gasteiger partial charge in [-0.15, -0.1) is 15.3 Å². The van der Waals surface area contributed by atoms with E-state index in [0.29, 0.717) is 79.2 Å². The van der Waals surface area contributed by atoms with Gasteiger partial charge >= 0.3 is 62.9 Å². The van der Waals surface area contributed by atoms with Crippen LogP contribution in [0.4, 0.5) is 49.6 Å². The standard InChI is InChI=1S/C24H24FN5O2.C19H26BFN2O3.C19H16FN5O.C13H12BrN3O2.C9H8BrN3O.C4H5ClO.C2HF3O.CH4.4ClH.Ti/c1-13-17(25)11-18-16(12-30(27-18)20-4-2-3-9-32-20)21(13)15-7-8-29-19(10-15)22(24(26)28-29)23(31)14-5-6-14;1-12-14(21)10-15-13(11-23(22-15)16-8-6-7-9-24-16)17(12)20-25-18(2,3)19(4,5)26-20;1-9-13(20)7-14-12(8-22-23-14)16(9)11-4-5-25-15(6-11)17(19(21)24-25)18(26)10-2-3-10;1-7(18)15-13-11(12(19)8-2-3-8)10-6-9(14)4-5-17(10)16-13;1-6(14)11-9-5-8-4-7(10)2-3-13(8)12-9;5-4(6)3-1-2-3;3-2(4,5)1-6;;;;;;/h7-8,10-12,14,20H,2-6,9H2,1H3,(H2,26,28);10-11,16H,6-9H2,1-5H3;4-8,10H,2-3H2,1H3,(H2,21,24)(H,22,23);4-6,8H,2-3H2,1H3,(H,15,16,18);2-5H,1H3,(H,11,12,14);3H,1-2H2;1H;1H4;4*1H;/q;;;;;;;;;;;;+4/p-4. The van der Waals surface area contributed by atoms with Crippen molar-refractivity contribution in [3.8, 4) is 22.3 Å². The zero-order valence-corrected chi connectivity index (χ0v) is 82.3. The number of pyridine rings is 4. The third kappa shape index (κ3) is 24.7. The molecule has 3 aliphatic heterocycles. The Labute approximate surface area is 811 Å². The number of amides is 2. The monoisotopic (exact) mass is 2120 g/mol. The molecule has 44 heteroatoms. The molecule has 21 rings (SSSR count). The molecule has 0 bridgehead atoms. The summed E-state index contributed by atoms with van der Waals surface area (Å²) in [6.45, 7) is 17.6. The van der Waals surface area contributed by atoms with Gasteiger partial charge in [-0.25, -0.2) is 40.6 Å². The molecule has 7 N–H and O–H groups in total. The van der Waals surface area contributed by atoms with Crippen LogP contribution in [-0.2, 0) is 50.3 Å². The van der Waals surface area contributed by atoms with E-state index in [2.05, 4.69) is 83.3 Å². The number of fused-ring (bicyclic) bond motifs is 7. The Bertz CT molecular complexity index is 6850. The summed E-state index contributed by atoms with van der Waals surface area (Å²) in [6, 6.07) is 21.2. The van der Waals surface area contributed by atoms with E-state index in [1.54, 1.807) is 63.6 Å². The number of alkyl halides is 3. The van der Waals surface area contributed by atoms with Crippen molar-refractivity contribution >= 4 is 212 Å². The van der Waals surface area contributed by atoms with Crippen molar-refractivity contribution in [1.29, 1.82) is 0 Å². The number of hydrogen-bond acceptors (Lipinski definition) is 20. The number of nitrogens with one attached hydrogen (secondary N) is 3. The van der Waals surface area contributed by atoms with E-state index in [1.807, 2.05) is 110 Å². The minimum absolute atomic E-state index is 0. The maximum atomic E-state index is 14.9. The summed E-state index contributed by atoms with van der Waals surface area (Å²) in [5, 5.41) is 40.7. The number of ketones is 3. The summed E-state index contributed by atoms with van der Waals surface area (Å²) in [4.78, 5) is 78.5. The topological polar surface area (TPSA) is 366 Å². The van der Waals surface area contributed by atoms with Crippen LogP contribution in [0, 0.1) is 61.9 Å². The van der Waals surface area contributed by atoms with Gasteiger partial charge in [-0.2, -0.15) is 33.6 Å². The predicted octanol–water partition coefficient (Wildman–Crippen LogP) is 21.7. The summed E-state index contributed by atoms with van der Waals surface area (Å²) >= 11 is 8.68. The van der Waals surface area contributed by atoms with Crippen LogP contribution in [0.25, 0.3) is 77.0 Å². The number of aldehydes is 1. The minimum atomic E-state index is -4.64. The number of carbonyl (C=O) groups excluding carboxylic acids is 7. The van der Waals surface area contributed by atoms with E-state index < -0.39 is 43.1 Å². The molecule has 14 aromatic rings. The predicted molar refractivity (Wildman–Crippen MR) is 512 cm³/mol. The Morgan fingerprint density at radius 3 is 1.42 bits per heavy atom. The maximum absolute atomic E-state index is 14.9. The molecule has 0 spiro atoms. The van der Waals surface area contributed by atoms with Gasteiger partial charge in [0.15, 0.2) is 40.6 Å². The fraction of sp³-hybridized carbons (Fsp3) is 0.385. The van der Waals surface area contributed by atoms with E-state index in [9.17, 15) is 55.1 Å². The van der Waals surface area contributed by atoms with Gasteiger partial charge in [-0.05, 0) is 249 Å². The zero-order chi connectivity index (χ0) is 96.6. The molecule has 3 saturated heterocycles. The molecular formula is C91H96BBr2Cl5F6N18O11Ti. The molecule has 7 fully saturated rings.